The zero-order chi connectivity index (χ0) is 105. The highest BCUT2D eigenvalue weighted by molar-refractivity contribution is 14.1. The van der Waals surface area contributed by atoms with Gasteiger partial charge in [-0.2, -0.15) is 20.4 Å². The van der Waals surface area contributed by atoms with Crippen LogP contribution in [-0.4, -0.2) is 185 Å². The number of esters is 5. The number of nitrogens with two attached hydrogens (primary N) is 1. The Hall–Kier alpha value is -11.5. The van der Waals surface area contributed by atoms with Gasteiger partial charge in [-0.3, -0.25) is 30.0 Å². The van der Waals surface area contributed by atoms with Crippen molar-refractivity contribution in [1.29, 1.82) is 0 Å². The molecular formula is C101H93Cl10IN10O21S2. The van der Waals surface area contributed by atoms with Gasteiger partial charge in [0, 0.05) is 49.6 Å². The number of aromatic nitrogens is 8. The van der Waals surface area contributed by atoms with Crippen molar-refractivity contribution in [1.82, 2.24) is 46.1 Å². The number of fused-ring (bicyclic) bond motifs is 4. The summed E-state index contributed by atoms with van der Waals surface area (Å²) in [5.41, 5.74) is 16.3. The molecule has 0 saturated carbocycles. The van der Waals surface area contributed by atoms with E-state index in [4.69, 9.17) is 132 Å². The van der Waals surface area contributed by atoms with Crippen LogP contribution in [0.2, 0.25) is 50.2 Å². The Morgan fingerprint density at radius 2 is 0.710 bits per heavy atom. The van der Waals surface area contributed by atoms with Crippen molar-refractivity contribution in [3.63, 3.8) is 0 Å². The number of aliphatic hydroxyl groups excluding tert-OH is 4. The standard InChI is InChI=1S/C28H27Cl2N3O6S.C18H16Cl2N2O3.C18H12Cl2N2O3.C17H14Cl2N2O3.C11H15NO4S.C8H5Cl2IO2.CH4/c1-39-28(36)24(13-16-4-3-5-20(10-16)40(2,37)38)32-27(35)26-21(29)11-17(12-22(26)30)6-9-25(34)18-7-8-19-15-31-33-23(19)14-18;2*1-25-18(24)17-13(19)6-10(7-14(17)20)2-5-16(23)11-3-4-12-9-21-22-15(12)8-11;18-12-5-9(6-13(19)16(12)17(23)24)1-4-15(22)10-2-3-11-8-20-21-14(11)7-10;1-16-11(13)10(12)7-8-4-3-5-9(6-8)17(2,14)15;1-13-8(12)7-5(9)2-4(11)3-6(7)10;/h3-5,7-8,10-12,14-15,24-25,34H,6,9,13H2,1-2H3,(H,31,33)(H,32,35);3-4,6-9,16,23H,2,5H2,1H3,(H,21,22);3-4,6-9,16,23H,1H3,(H,21,22);2-3,5-8,15,22H,1,4H2,(H,20,21)(H,23,24);3-6,10H,7,12H2,1-2H3;2-3H,1H3;1H4/t24-,25?;;;;10-;;/m0...0../s1. The second-order valence-electron chi connectivity index (χ2n) is 31.8. The van der Waals surface area contributed by atoms with Crippen molar-refractivity contribution in [2.45, 2.75) is 105 Å². The van der Waals surface area contributed by atoms with Crippen LogP contribution in [0.4, 0.5) is 0 Å². The number of sulfone groups is 2. The molecule has 0 spiro atoms. The zero-order valence-electron chi connectivity index (χ0n) is 76.9. The minimum atomic E-state index is -3.46. The fourth-order valence-corrected chi connectivity index (χ4v) is 19.9. The number of halogens is 11. The first-order chi connectivity index (χ1) is 68.3. The lowest BCUT2D eigenvalue weighted by molar-refractivity contribution is -0.143. The number of benzene rings is 11. The van der Waals surface area contributed by atoms with Gasteiger partial charge in [-0.15, -0.1) is 0 Å². The van der Waals surface area contributed by atoms with E-state index < -0.39 is 97.9 Å². The Morgan fingerprint density at radius 3 is 1.04 bits per heavy atom. The number of carboxylic acids is 1. The summed E-state index contributed by atoms with van der Waals surface area (Å²) >= 11 is 62.9. The van der Waals surface area contributed by atoms with Crippen LogP contribution in [-0.2, 0) is 85.1 Å². The van der Waals surface area contributed by atoms with Crippen LogP contribution >= 0.6 is 139 Å². The van der Waals surface area contributed by atoms with E-state index in [0.29, 0.717) is 70.8 Å². The molecule has 11 aromatic carbocycles. The molecule has 0 bridgehead atoms. The Kier molecular flexibility index (Phi) is 43.8. The number of aliphatic hydroxyl groups is 4. The van der Waals surface area contributed by atoms with E-state index in [1.165, 1.54) is 71.9 Å². The minimum Gasteiger partial charge on any atom is -0.478 e. The van der Waals surface area contributed by atoms with Gasteiger partial charge in [0.05, 0.1) is 189 Å². The average molecular weight is 2330 g/mol. The SMILES string of the molecule is C.COC(=O)[C@@H](N)Cc1cccc(S(C)(=O)=O)c1.COC(=O)[C@H](Cc1cccc(S(C)(=O)=O)c1)NC(=O)c1c(Cl)cc(CCC(O)c2ccc3cn[nH]c3c2)cc1Cl.COC(=O)c1c(Cl)cc(C#CC(O)c2ccc3cn[nH]c3c2)cc1Cl.COC(=O)c1c(Cl)cc(CCC(O)c2ccc3cn[nH]c3c2)cc1Cl.COC(=O)c1c(Cl)cc(I)cc1Cl.O=C(O)c1c(Cl)cc(CCC(O)c2ccc3cn[nH]c3c2)cc1Cl. The lowest BCUT2D eigenvalue weighted by atomic mass is 9.99. The number of methoxy groups -OCH3 is 5. The zero-order valence-corrected chi connectivity index (χ0v) is 88.2. The highest BCUT2D eigenvalue weighted by Gasteiger charge is 2.29. The first-order valence-corrected chi connectivity index (χ1v) is 51.3. The lowest BCUT2D eigenvalue weighted by Gasteiger charge is -2.18. The summed E-state index contributed by atoms with van der Waals surface area (Å²) < 4.78 is 70.5. The summed E-state index contributed by atoms with van der Waals surface area (Å²) in [7, 11) is -0.455. The molecule has 0 saturated heterocycles. The van der Waals surface area contributed by atoms with E-state index >= 15 is 0 Å². The lowest BCUT2D eigenvalue weighted by Crippen LogP contribution is -2.43. The maximum Gasteiger partial charge on any atom is 0.340 e. The van der Waals surface area contributed by atoms with Gasteiger partial charge < -0.3 is 60.3 Å². The Bertz CT molecular complexity index is 7460. The molecule has 0 radical (unpaired) electrons. The number of H-pyrrole nitrogens is 4. The Labute approximate surface area is 896 Å². The monoisotopic (exact) mass is 2320 g/mol. The van der Waals surface area contributed by atoms with Gasteiger partial charge in [0.25, 0.3) is 5.91 Å². The van der Waals surface area contributed by atoms with E-state index in [2.05, 4.69) is 99.5 Å². The van der Waals surface area contributed by atoms with Gasteiger partial charge in [-0.1, -0.05) is 208 Å². The third-order valence-electron chi connectivity index (χ3n) is 21.6. The van der Waals surface area contributed by atoms with Gasteiger partial charge in [0.2, 0.25) is 0 Å². The molecule has 4 aromatic heterocycles. The number of carboxylic acid groups (broad SMARTS) is 1. The third kappa shape index (κ3) is 32.7. The molecule has 15 aromatic rings. The maximum atomic E-state index is 13.1. The summed E-state index contributed by atoms with van der Waals surface area (Å²) in [6, 6.07) is 48.8. The van der Waals surface area contributed by atoms with Gasteiger partial charge >= 0.3 is 35.8 Å². The highest BCUT2D eigenvalue weighted by atomic mass is 127. The molecule has 0 fully saturated rings. The van der Waals surface area contributed by atoms with Crippen LogP contribution in [0, 0.1) is 15.4 Å². The number of nitrogens with zero attached hydrogens (tertiary/aromatic N) is 4. The molecule has 0 aliphatic carbocycles. The molecule has 1 amide bonds. The number of aromatic carboxylic acids is 1. The average Bonchev–Trinajstić information content (AvgIpc) is 1.62. The van der Waals surface area contributed by atoms with E-state index in [9.17, 15) is 70.8 Å². The van der Waals surface area contributed by atoms with Gasteiger partial charge in [-0.05, 0) is 227 Å². The number of carbonyl (C=O) groups excluding carboxylic acids is 6. The van der Waals surface area contributed by atoms with Crippen LogP contribution < -0.4 is 11.1 Å². The van der Waals surface area contributed by atoms with Crippen molar-refractivity contribution in [3.05, 3.63) is 344 Å². The number of rotatable bonds is 27. The van der Waals surface area contributed by atoms with Crippen molar-refractivity contribution in [2.75, 3.05) is 48.1 Å². The normalized spacial score (nSPS) is 12.2. The number of amides is 1. The van der Waals surface area contributed by atoms with E-state index in [0.717, 1.165) is 93.1 Å². The quantitative estimate of drug-likeness (QED) is 0.00985. The molecule has 44 heteroatoms. The summed E-state index contributed by atoms with van der Waals surface area (Å²) in [6.07, 6.45) is 9.12. The number of nitrogens with one attached hydrogen (secondary N) is 5. The van der Waals surface area contributed by atoms with Crippen molar-refractivity contribution >= 4 is 244 Å². The number of hydrogen-bond donors (Lipinski definition) is 11. The van der Waals surface area contributed by atoms with Gasteiger partial charge in [-0.25, -0.2) is 40.8 Å². The van der Waals surface area contributed by atoms with Crippen LogP contribution in [0.5, 0.6) is 0 Å². The topological polar surface area (TPSA) is 488 Å². The predicted molar refractivity (Wildman–Crippen MR) is 569 cm³/mol. The van der Waals surface area contributed by atoms with Crippen LogP contribution in [0.1, 0.15) is 159 Å². The first-order valence-electron chi connectivity index (χ1n) is 42.6. The summed E-state index contributed by atoms with van der Waals surface area (Å²) in [5, 5.41) is 86.3. The Morgan fingerprint density at radius 1 is 0.400 bits per heavy atom. The second-order valence-corrected chi connectivity index (χ2v) is 41.1. The smallest absolute Gasteiger partial charge is 0.340 e. The minimum absolute atomic E-state index is 0. The van der Waals surface area contributed by atoms with E-state index in [1.807, 2.05) is 60.7 Å². The molecule has 15 rings (SSSR count). The molecule has 0 aliphatic rings. The fourth-order valence-electron chi connectivity index (χ4n) is 14.2. The number of aromatic amines is 4. The molecule has 4 unspecified atom stereocenters. The van der Waals surface area contributed by atoms with Crippen molar-refractivity contribution < 1.29 is 99.6 Å². The highest BCUT2D eigenvalue weighted by Crippen LogP contribution is 2.37. The summed E-state index contributed by atoms with van der Waals surface area (Å²) in [4.78, 5) is 82.6. The Balaban J connectivity index is 0.000000200. The van der Waals surface area contributed by atoms with E-state index in [1.54, 1.807) is 110 Å². The van der Waals surface area contributed by atoms with E-state index in [-0.39, 0.29) is 98.1 Å². The predicted octanol–water partition coefficient (Wildman–Crippen LogP) is 20.9. The summed E-state index contributed by atoms with van der Waals surface area (Å²) in [5.74, 6) is 0.721. The van der Waals surface area contributed by atoms with Gasteiger partial charge in [0.1, 0.15) is 18.2 Å². The molecule has 31 nitrogen and oxygen atoms in total. The number of hydrogen-bond acceptors (Lipinski definition) is 25. The second kappa shape index (κ2) is 54.2. The third-order valence-corrected chi connectivity index (χ3v) is 27.4. The molecule has 12 N–H and O–H groups in total. The number of ether oxygens (including phenoxy) is 5. The molecule has 6 atom stereocenters. The van der Waals surface area contributed by atoms with Gasteiger partial charge in [0.15, 0.2) is 19.7 Å². The van der Waals surface area contributed by atoms with Crippen LogP contribution in [0.25, 0.3) is 43.6 Å². The van der Waals surface area contributed by atoms with Crippen molar-refractivity contribution in [3.8, 4) is 11.8 Å². The largest absolute Gasteiger partial charge is 0.478 e. The maximum absolute atomic E-state index is 13.1. The van der Waals surface area contributed by atoms with Crippen molar-refractivity contribution in [2.24, 2.45) is 5.73 Å². The summed E-state index contributed by atoms with van der Waals surface area (Å²) in [6.45, 7) is 0. The number of aryl methyl sites for hydroxylation is 3. The van der Waals surface area contributed by atoms with Crippen LogP contribution in [0.15, 0.2) is 217 Å². The fraction of sp³-hybridized carbons (Fsp3) is 0.218. The molecule has 0 aliphatic heterocycles. The molecule has 145 heavy (non-hydrogen) atoms. The molecule has 762 valence electrons. The number of carbonyl (C=O) groups is 7. The first kappa shape index (κ1) is 117. The molecular weight excluding hydrogens is 2230 g/mol. The molecule has 4 heterocycles. The van der Waals surface area contributed by atoms with Crippen LogP contribution in [0.3, 0.4) is 0 Å².